The predicted molar refractivity (Wildman–Crippen MR) is 79.9 cm³/mol. The zero-order chi connectivity index (χ0) is 13.2. The molecule has 1 unspecified atom stereocenters. The number of morpholine rings is 1. The van der Waals surface area contributed by atoms with Crippen LogP contribution in [0.5, 0.6) is 0 Å². The third-order valence-electron chi connectivity index (χ3n) is 3.51. The van der Waals surface area contributed by atoms with E-state index in [1.807, 2.05) is 6.07 Å². The second-order valence-corrected chi connectivity index (χ2v) is 6.39. The first-order valence-corrected chi connectivity index (χ1v) is 7.80. The zero-order valence-electron chi connectivity index (χ0n) is 10.6. The van der Waals surface area contributed by atoms with Gasteiger partial charge in [0.05, 0.1) is 24.3 Å². The van der Waals surface area contributed by atoms with E-state index in [9.17, 15) is 0 Å². The summed E-state index contributed by atoms with van der Waals surface area (Å²) in [7, 11) is 0. The molecule has 1 aromatic heterocycles. The van der Waals surface area contributed by atoms with E-state index >= 15 is 0 Å². The van der Waals surface area contributed by atoms with Gasteiger partial charge in [-0.15, -0.1) is 0 Å². The van der Waals surface area contributed by atoms with Crippen molar-refractivity contribution in [1.29, 1.82) is 0 Å². The number of rotatable bonds is 4. The number of nitrogens with zero attached hydrogens (tertiary/aromatic N) is 2. The van der Waals surface area contributed by atoms with Crippen molar-refractivity contribution in [3.63, 3.8) is 0 Å². The summed E-state index contributed by atoms with van der Waals surface area (Å²) in [6, 6.07) is 2.91. The van der Waals surface area contributed by atoms with Crippen molar-refractivity contribution >= 4 is 33.3 Å². The first kappa shape index (κ1) is 13.6. The average molecular weight is 347 g/mol. The first-order chi connectivity index (χ1) is 9.24. The summed E-state index contributed by atoms with van der Waals surface area (Å²) in [5.41, 5.74) is 0. The van der Waals surface area contributed by atoms with Crippen LogP contribution in [0.4, 0.5) is 5.82 Å². The van der Waals surface area contributed by atoms with E-state index in [4.69, 9.17) is 16.3 Å². The SMILES string of the molecule is Clc1cc(Br)cnc1N1CCOCC1CNC1CC1. The molecule has 104 valence electrons. The summed E-state index contributed by atoms with van der Waals surface area (Å²) < 4.78 is 6.49. The minimum atomic E-state index is 0.306. The number of hydrogen-bond donors (Lipinski definition) is 1. The van der Waals surface area contributed by atoms with Crippen LogP contribution in [0.2, 0.25) is 5.02 Å². The van der Waals surface area contributed by atoms with Crippen molar-refractivity contribution in [1.82, 2.24) is 10.3 Å². The van der Waals surface area contributed by atoms with Gasteiger partial charge < -0.3 is 15.0 Å². The first-order valence-electron chi connectivity index (χ1n) is 6.63. The maximum Gasteiger partial charge on any atom is 0.147 e. The molecule has 1 saturated heterocycles. The second-order valence-electron chi connectivity index (χ2n) is 5.06. The average Bonchev–Trinajstić information content (AvgIpc) is 3.21. The lowest BCUT2D eigenvalue weighted by Crippen LogP contribution is -2.51. The highest BCUT2D eigenvalue weighted by Gasteiger charge is 2.28. The summed E-state index contributed by atoms with van der Waals surface area (Å²) >= 11 is 9.70. The lowest BCUT2D eigenvalue weighted by atomic mass is 10.2. The third kappa shape index (κ3) is 3.40. The molecule has 1 N–H and O–H groups in total. The van der Waals surface area contributed by atoms with Crippen LogP contribution >= 0.6 is 27.5 Å². The van der Waals surface area contributed by atoms with Crippen LogP contribution < -0.4 is 10.2 Å². The molecule has 0 spiro atoms. The highest BCUT2D eigenvalue weighted by molar-refractivity contribution is 9.10. The Balaban J connectivity index is 1.74. The zero-order valence-corrected chi connectivity index (χ0v) is 13.0. The van der Waals surface area contributed by atoms with Gasteiger partial charge in [0.2, 0.25) is 0 Å². The molecule has 1 atom stereocenters. The number of anilines is 1. The Kier molecular flexibility index (Phi) is 4.27. The van der Waals surface area contributed by atoms with Crippen LogP contribution in [-0.2, 0) is 4.74 Å². The maximum atomic E-state index is 6.31. The summed E-state index contributed by atoms with van der Waals surface area (Å²) in [6.45, 7) is 3.23. The number of ether oxygens (including phenoxy) is 1. The Labute approximate surface area is 126 Å². The van der Waals surface area contributed by atoms with Crippen LogP contribution in [0.1, 0.15) is 12.8 Å². The molecule has 2 aliphatic rings. The number of nitrogens with one attached hydrogen (secondary N) is 1. The number of pyridine rings is 1. The Hall–Kier alpha value is -0.360. The molecule has 2 fully saturated rings. The van der Waals surface area contributed by atoms with Crippen LogP contribution in [0.25, 0.3) is 0 Å². The molecule has 6 heteroatoms. The molecule has 4 nitrogen and oxygen atoms in total. The monoisotopic (exact) mass is 345 g/mol. The normalized spacial score (nSPS) is 23.7. The largest absolute Gasteiger partial charge is 0.377 e. The minimum absolute atomic E-state index is 0.306. The van der Waals surface area contributed by atoms with Crippen molar-refractivity contribution in [2.45, 2.75) is 24.9 Å². The lowest BCUT2D eigenvalue weighted by molar-refractivity contribution is 0.0932. The van der Waals surface area contributed by atoms with Gasteiger partial charge >= 0.3 is 0 Å². The maximum absolute atomic E-state index is 6.31. The topological polar surface area (TPSA) is 37.4 Å². The van der Waals surface area contributed by atoms with Gasteiger partial charge in [0.25, 0.3) is 0 Å². The van der Waals surface area contributed by atoms with Crippen LogP contribution in [0, 0.1) is 0 Å². The Morgan fingerprint density at radius 3 is 3.11 bits per heavy atom. The summed E-state index contributed by atoms with van der Waals surface area (Å²) in [5.74, 6) is 0.857. The summed E-state index contributed by atoms with van der Waals surface area (Å²) in [6.07, 6.45) is 4.39. The minimum Gasteiger partial charge on any atom is -0.377 e. The molecule has 0 aromatic carbocycles. The molecular formula is C13H17BrClN3O. The fourth-order valence-corrected chi connectivity index (χ4v) is 3.05. The highest BCUT2D eigenvalue weighted by atomic mass is 79.9. The van der Waals surface area contributed by atoms with E-state index < -0.39 is 0 Å². The van der Waals surface area contributed by atoms with Gasteiger partial charge in [0.15, 0.2) is 0 Å². The molecule has 0 radical (unpaired) electrons. The van der Waals surface area contributed by atoms with Gasteiger partial charge in [-0.3, -0.25) is 0 Å². The van der Waals surface area contributed by atoms with E-state index in [1.54, 1.807) is 6.20 Å². The third-order valence-corrected chi connectivity index (χ3v) is 4.22. The van der Waals surface area contributed by atoms with Crippen LogP contribution in [0.15, 0.2) is 16.7 Å². The predicted octanol–water partition coefficient (Wildman–Crippen LogP) is 2.45. The quantitative estimate of drug-likeness (QED) is 0.909. The van der Waals surface area contributed by atoms with Crippen LogP contribution in [0.3, 0.4) is 0 Å². The standard InChI is InChI=1S/C13H17BrClN3O/c14-9-5-12(15)13(17-6-9)18-3-4-19-8-11(18)7-16-10-1-2-10/h5-6,10-11,16H,1-4,7-8H2. The van der Waals surface area contributed by atoms with E-state index in [-0.39, 0.29) is 0 Å². The molecule has 2 heterocycles. The molecule has 0 amide bonds. The fourth-order valence-electron chi connectivity index (χ4n) is 2.31. The molecule has 3 rings (SSSR count). The Morgan fingerprint density at radius 2 is 2.37 bits per heavy atom. The van der Waals surface area contributed by atoms with Crippen molar-refractivity contribution in [3.05, 3.63) is 21.8 Å². The Morgan fingerprint density at radius 1 is 1.53 bits per heavy atom. The summed E-state index contributed by atoms with van der Waals surface area (Å²) in [5, 5.41) is 4.24. The fraction of sp³-hybridized carbons (Fsp3) is 0.615. The smallest absolute Gasteiger partial charge is 0.147 e. The number of aromatic nitrogens is 1. The number of halogens is 2. The lowest BCUT2D eigenvalue weighted by Gasteiger charge is -2.37. The van der Waals surface area contributed by atoms with Crippen LogP contribution in [-0.4, -0.2) is 43.4 Å². The summed E-state index contributed by atoms with van der Waals surface area (Å²) in [4.78, 5) is 6.72. The molecule has 0 bridgehead atoms. The molecule has 1 saturated carbocycles. The molecule has 1 aliphatic carbocycles. The van der Waals surface area contributed by atoms with E-state index in [0.29, 0.717) is 17.1 Å². The van der Waals surface area contributed by atoms with Gasteiger partial charge in [-0.05, 0) is 34.8 Å². The van der Waals surface area contributed by atoms with Gasteiger partial charge in [0, 0.05) is 29.8 Å². The van der Waals surface area contributed by atoms with Gasteiger partial charge in [-0.1, -0.05) is 11.6 Å². The van der Waals surface area contributed by atoms with Gasteiger partial charge in [0.1, 0.15) is 5.82 Å². The van der Waals surface area contributed by atoms with E-state index in [0.717, 1.165) is 36.6 Å². The number of hydrogen-bond acceptors (Lipinski definition) is 4. The van der Waals surface area contributed by atoms with E-state index in [1.165, 1.54) is 12.8 Å². The van der Waals surface area contributed by atoms with Gasteiger partial charge in [-0.25, -0.2) is 4.98 Å². The molecule has 1 aliphatic heterocycles. The van der Waals surface area contributed by atoms with Crippen molar-refractivity contribution in [3.8, 4) is 0 Å². The van der Waals surface area contributed by atoms with Gasteiger partial charge in [-0.2, -0.15) is 0 Å². The van der Waals surface area contributed by atoms with Crippen molar-refractivity contribution < 1.29 is 4.74 Å². The van der Waals surface area contributed by atoms with Crippen molar-refractivity contribution in [2.24, 2.45) is 0 Å². The molecular weight excluding hydrogens is 330 g/mol. The molecule has 1 aromatic rings. The second kappa shape index (κ2) is 5.95. The molecule has 19 heavy (non-hydrogen) atoms. The Bertz CT molecular complexity index is 456. The van der Waals surface area contributed by atoms with Crippen molar-refractivity contribution in [2.75, 3.05) is 31.2 Å². The van der Waals surface area contributed by atoms with E-state index in [2.05, 4.69) is 31.1 Å². The highest BCUT2D eigenvalue weighted by Crippen LogP contribution is 2.29.